The molecule has 0 atom stereocenters. The molecule has 5 rings (SSSR count). The first-order chi connectivity index (χ1) is 9.63. The van der Waals surface area contributed by atoms with Crippen LogP contribution in [0.15, 0.2) is 0 Å². The second kappa shape index (κ2) is 5.82. The van der Waals surface area contributed by atoms with Crippen molar-refractivity contribution in [1.82, 2.24) is 9.80 Å². The molecule has 0 aromatic heterocycles. The summed E-state index contributed by atoms with van der Waals surface area (Å²) in [5.41, 5.74) is 0.109. The molecular weight excluding hydrogens is 284 g/mol. The predicted octanol–water partition coefficient (Wildman–Crippen LogP) is -0.977. The number of hydrogen-bond donors (Lipinski definition) is 0. The van der Waals surface area contributed by atoms with Gasteiger partial charge in [0.1, 0.15) is 0 Å². The summed E-state index contributed by atoms with van der Waals surface area (Å²) in [5, 5.41) is 0. The minimum Gasteiger partial charge on any atom is -1.00 e. The molecule has 5 aliphatic rings. The van der Waals surface area contributed by atoms with Crippen molar-refractivity contribution in [3.05, 3.63) is 0 Å². The number of nitrogens with zero attached hydrogens (tertiary/aromatic N) is 2. The highest BCUT2D eigenvalue weighted by molar-refractivity contribution is 5.87. The highest BCUT2D eigenvalue weighted by atomic mass is 35.5. The van der Waals surface area contributed by atoms with Gasteiger partial charge in [-0.25, -0.2) is 0 Å². The maximum Gasteiger partial charge on any atom is 0.152 e. The Morgan fingerprint density at radius 3 is 1.90 bits per heavy atom. The van der Waals surface area contributed by atoms with E-state index < -0.39 is 0 Å². The Balaban J connectivity index is 0.00000132. The molecule has 0 aromatic carbocycles. The van der Waals surface area contributed by atoms with Crippen LogP contribution >= 0.6 is 0 Å². The third-order valence-corrected chi connectivity index (χ3v) is 6.59. The van der Waals surface area contributed by atoms with Crippen molar-refractivity contribution >= 4 is 5.78 Å². The normalized spacial score (nSPS) is 42.8. The van der Waals surface area contributed by atoms with Crippen molar-refractivity contribution in [1.29, 1.82) is 0 Å². The van der Waals surface area contributed by atoms with E-state index in [2.05, 4.69) is 16.8 Å². The van der Waals surface area contributed by atoms with Crippen molar-refractivity contribution in [2.45, 2.75) is 38.5 Å². The van der Waals surface area contributed by atoms with Crippen molar-refractivity contribution in [2.24, 2.45) is 23.2 Å². The molecule has 0 radical (unpaired) electrons. The fourth-order valence-electron chi connectivity index (χ4n) is 5.83. The van der Waals surface area contributed by atoms with Crippen LogP contribution in [0, 0.1) is 23.2 Å². The third kappa shape index (κ3) is 2.89. The van der Waals surface area contributed by atoms with Crippen LogP contribution in [0.2, 0.25) is 0 Å². The van der Waals surface area contributed by atoms with Gasteiger partial charge in [-0.3, -0.25) is 9.69 Å². The molecule has 4 bridgehead atoms. The summed E-state index contributed by atoms with van der Waals surface area (Å²) in [5.74, 6) is 3.26. The van der Waals surface area contributed by atoms with Crippen LogP contribution in [0.4, 0.5) is 0 Å². The molecule has 0 aromatic rings. The number of ketones is 1. The number of hydrogen-bond acceptors (Lipinski definition) is 3. The Morgan fingerprint density at radius 1 is 0.952 bits per heavy atom. The van der Waals surface area contributed by atoms with Gasteiger partial charge in [-0.05, 0) is 63.3 Å². The highest BCUT2D eigenvalue weighted by Crippen LogP contribution is 2.60. The lowest BCUT2D eigenvalue weighted by Crippen LogP contribution is -3.00. The lowest BCUT2D eigenvalue weighted by atomic mass is 9.48. The molecule has 0 amide bonds. The third-order valence-electron chi connectivity index (χ3n) is 6.59. The minimum absolute atomic E-state index is 0. The maximum atomic E-state index is 13.0. The first-order valence-electron chi connectivity index (χ1n) is 8.57. The first-order valence-corrected chi connectivity index (χ1v) is 8.57. The summed E-state index contributed by atoms with van der Waals surface area (Å²) in [6.07, 6.45) is 7.98. The quantitative estimate of drug-likeness (QED) is 0.670. The Hall–Kier alpha value is -0.120. The van der Waals surface area contributed by atoms with Crippen LogP contribution in [-0.4, -0.2) is 55.4 Å². The zero-order valence-corrected chi connectivity index (χ0v) is 13.9. The molecule has 0 N–H and O–H groups in total. The summed E-state index contributed by atoms with van der Waals surface area (Å²) < 4.78 is 0. The van der Waals surface area contributed by atoms with E-state index in [1.807, 2.05) is 0 Å². The van der Waals surface area contributed by atoms with Gasteiger partial charge >= 0.3 is 0 Å². The molecule has 4 saturated carbocycles. The van der Waals surface area contributed by atoms with Crippen molar-refractivity contribution in [3.8, 4) is 0 Å². The Labute approximate surface area is 134 Å². The Kier molecular flexibility index (Phi) is 4.37. The predicted molar refractivity (Wildman–Crippen MR) is 79.5 cm³/mol. The van der Waals surface area contributed by atoms with E-state index in [4.69, 9.17) is 0 Å². The van der Waals surface area contributed by atoms with Crippen LogP contribution in [0.25, 0.3) is 0 Å². The van der Waals surface area contributed by atoms with Gasteiger partial charge in [0.15, 0.2) is 5.78 Å². The number of piperazine rings is 1. The van der Waals surface area contributed by atoms with Gasteiger partial charge in [0.25, 0.3) is 0 Å². The number of halogens is 1. The number of likely N-dealkylation sites (N-methyl/N-ethyl adjacent to an activating group) is 1. The lowest BCUT2D eigenvalue weighted by Gasteiger charge is -2.56. The summed E-state index contributed by atoms with van der Waals surface area (Å²) in [6.45, 7) is 5.13. The van der Waals surface area contributed by atoms with Crippen molar-refractivity contribution < 1.29 is 17.2 Å². The SMILES string of the molecule is CN1CCN(CC(=O)C23CC4CC(CC(C4)C2)C3)CC1.[Cl-]. The lowest BCUT2D eigenvalue weighted by molar-refractivity contribution is -0.145. The van der Waals surface area contributed by atoms with Crippen LogP contribution in [0.1, 0.15) is 38.5 Å². The number of carbonyl (C=O) groups excluding carboxylic acids is 1. The molecule has 21 heavy (non-hydrogen) atoms. The maximum absolute atomic E-state index is 13.0. The average Bonchev–Trinajstić information content (AvgIpc) is 2.40. The number of Topliss-reactive ketones (excluding diaryl/α,β-unsaturated/α-hetero) is 1. The van der Waals surface area contributed by atoms with Gasteiger partial charge in [-0.15, -0.1) is 0 Å². The van der Waals surface area contributed by atoms with Crippen LogP contribution in [-0.2, 0) is 4.79 Å². The van der Waals surface area contributed by atoms with Crippen LogP contribution in [0.3, 0.4) is 0 Å². The van der Waals surface area contributed by atoms with E-state index in [1.165, 1.54) is 38.5 Å². The number of rotatable bonds is 3. The molecule has 120 valence electrons. The van der Waals surface area contributed by atoms with E-state index in [-0.39, 0.29) is 17.8 Å². The fraction of sp³-hybridized carbons (Fsp3) is 0.941. The Morgan fingerprint density at radius 2 is 1.43 bits per heavy atom. The van der Waals surface area contributed by atoms with Gasteiger partial charge in [0.2, 0.25) is 0 Å². The van der Waals surface area contributed by atoms with Gasteiger partial charge < -0.3 is 17.3 Å². The second-order valence-corrected chi connectivity index (χ2v) is 8.20. The smallest absolute Gasteiger partial charge is 0.152 e. The standard InChI is InChI=1S/C17H28N2O.ClH/c1-18-2-4-19(5-3-18)12-16(20)17-9-13-6-14(10-17)8-15(7-13)11-17;/h13-15H,2-12H2,1H3;1H/p-1. The van der Waals surface area contributed by atoms with Crippen molar-refractivity contribution in [2.75, 3.05) is 39.8 Å². The molecular formula is C17H28ClN2O-. The molecule has 1 saturated heterocycles. The largest absolute Gasteiger partial charge is 1.00 e. The molecule has 0 spiro atoms. The van der Waals surface area contributed by atoms with E-state index >= 15 is 0 Å². The molecule has 1 aliphatic heterocycles. The van der Waals surface area contributed by atoms with Gasteiger partial charge in [-0.1, -0.05) is 0 Å². The summed E-state index contributed by atoms with van der Waals surface area (Å²) in [7, 11) is 2.18. The molecule has 4 heteroatoms. The zero-order chi connectivity index (χ0) is 13.7. The molecule has 4 aliphatic carbocycles. The van der Waals surface area contributed by atoms with E-state index in [1.54, 1.807) is 0 Å². The van der Waals surface area contributed by atoms with E-state index in [0.29, 0.717) is 5.78 Å². The Bertz CT molecular complexity index is 368. The van der Waals surface area contributed by atoms with Gasteiger partial charge in [-0.2, -0.15) is 0 Å². The second-order valence-electron chi connectivity index (χ2n) is 8.20. The molecule has 0 unspecified atom stereocenters. The first kappa shape index (κ1) is 15.8. The molecule has 3 nitrogen and oxygen atoms in total. The molecule has 1 heterocycles. The highest BCUT2D eigenvalue weighted by Gasteiger charge is 2.54. The topological polar surface area (TPSA) is 23.6 Å². The summed E-state index contributed by atoms with van der Waals surface area (Å²) >= 11 is 0. The van der Waals surface area contributed by atoms with Crippen LogP contribution in [0.5, 0.6) is 0 Å². The summed E-state index contributed by atoms with van der Waals surface area (Å²) in [6, 6.07) is 0. The monoisotopic (exact) mass is 311 g/mol. The summed E-state index contributed by atoms with van der Waals surface area (Å²) in [4.78, 5) is 17.8. The average molecular weight is 312 g/mol. The molecule has 5 fully saturated rings. The van der Waals surface area contributed by atoms with Gasteiger partial charge in [0, 0.05) is 31.6 Å². The minimum atomic E-state index is 0. The van der Waals surface area contributed by atoms with Crippen molar-refractivity contribution in [3.63, 3.8) is 0 Å². The van der Waals surface area contributed by atoms with Crippen LogP contribution < -0.4 is 12.4 Å². The van der Waals surface area contributed by atoms with E-state index in [9.17, 15) is 4.79 Å². The number of carbonyl (C=O) groups is 1. The fourth-order valence-corrected chi connectivity index (χ4v) is 5.83. The van der Waals surface area contributed by atoms with Gasteiger partial charge in [0.05, 0.1) is 6.54 Å². The van der Waals surface area contributed by atoms with E-state index in [0.717, 1.165) is 50.5 Å². The zero-order valence-electron chi connectivity index (χ0n) is 13.2.